The van der Waals surface area contributed by atoms with Crippen LogP contribution in [0.3, 0.4) is 0 Å². The standard InChI is InChI=1S/C24H27N3O5S/c1-15-11-16(2)22(17(3)12-15)27(18(4)28)24-26-19(14-33-24)13-32-21(29)8-5-9-25-23(30)20-7-6-10-31-20/h6-7,10-12,14H,5,8-9,13H2,1-4H3,(H,25,30). The third-order valence-electron chi connectivity index (χ3n) is 4.87. The molecule has 2 aromatic heterocycles. The minimum atomic E-state index is -0.384. The van der Waals surface area contributed by atoms with Crippen LogP contribution in [0, 0.1) is 20.8 Å². The number of hydrogen-bond acceptors (Lipinski definition) is 7. The van der Waals surface area contributed by atoms with E-state index in [4.69, 9.17) is 9.15 Å². The maximum absolute atomic E-state index is 12.5. The first kappa shape index (κ1) is 24.2. The van der Waals surface area contributed by atoms with Gasteiger partial charge in [0.25, 0.3) is 5.91 Å². The van der Waals surface area contributed by atoms with E-state index in [1.165, 1.54) is 24.5 Å². The lowest BCUT2D eigenvalue weighted by molar-refractivity contribution is -0.145. The highest BCUT2D eigenvalue weighted by Gasteiger charge is 2.22. The monoisotopic (exact) mass is 469 g/mol. The smallest absolute Gasteiger partial charge is 0.306 e. The first-order valence-corrected chi connectivity index (χ1v) is 11.4. The number of aromatic nitrogens is 1. The molecule has 174 valence electrons. The number of thiazole rings is 1. The molecular formula is C24H27N3O5S. The molecule has 33 heavy (non-hydrogen) atoms. The fourth-order valence-electron chi connectivity index (χ4n) is 3.53. The van der Waals surface area contributed by atoms with Crippen LogP contribution in [0.2, 0.25) is 0 Å². The summed E-state index contributed by atoms with van der Waals surface area (Å²) in [6.07, 6.45) is 2.03. The van der Waals surface area contributed by atoms with Crippen LogP contribution in [0.1, 0.15) is 52.7 Å². The van der Waals surface area contributed by atoms with Gasteiger partial charge in [-0.3, -0.25) is 19.3 Å². The summed E-state index contributed by atoms with van der Waals surface area (Å²) in [7, 11) is 0. The lowest BCUT2D eigenvalue weighted by Gasteiger charge is -2.23. The van der Waals surface area contributed by atoms with E-state index in [2.05, 4.69) is 10.3 Å². The minimum absolute atomic E-state index is 0.0195. The van der Waals surface area contributed by atoms with Crippen LogP contribution < -0.4 is 10.2 Å². The number of benzene rings is 1. The Kier molecular flexibility index (Phi) is 8.00. The Hall–Kier alpha value is -3.46. The number of aryl methyl sites for hydroxylation is 3. The number of nitrogens with zero attached hydrogens (tertiary/aromatic N) is 2. The lowest BCUT2D eigenvalue weighted by Crippen LogP contribution is -2.24. The summed E-state index contributed by atoms with van der Waals surface area (Å²) >= 11 is 1.32. The summed E-state index contributed by atoms with van der Waals surface area (Å²) in [6.45, 7) is 7.82. The Morgan fingerprint density at radius 3 is 2.55 bits per heavy atom. The molecule has 0 saturated heterocycles. The van der Waals surface area contributed by atoms with Gasteiger partial charge in [0.1, 0.15) is 6.61 Å². The molecule has 2 heterocycles. The number of rotatable bonds is 9. The van der Waals surface area contributed by atoms with Crippen LogP contribution in [-0.2, 0) is 20.9 Å². The number of anilines is 2. The van der Waals surface area contributed by atoms with Crippen molar-refractivity contribution >= 4 is 39.9 Å². The molecule has 9 heteroatoms. The quantitative estimate of drug-likeness (QED) is 0.363. The van der Waals surface area contributed by atoms with Crippen LogP contribution in [0.5, 0.6) is 0 Å². The zero-order chi connectivity index (χ0) is 24.0. The highest BCUT2D eigenvalue weighted by Crippen LogP contribution is 2.34. The zero-order valence-electron chi connectivity index (χ0n) is 19.1. The van der Waals surface area contributed by atoms with Gasteiger partial charge in [-0.05, 0) is 50.5 Å². The molecule has 0 fully saturated rings. The fraction of sp³-hybridized carbons (Fsp3) is 0.333. The molecule has 0 unspecified atom stereocenters. The maximum atomic E-state index is 12.5. The molecule has 2 amide bonds. The number of carbonyl (C=O) groups excluding carboxylic acids is 3. The molecule has 3 aromatic rings. The average molecular weight is 470 g/mol. The Balaban J connectivity index is 1.53. The van der Waals surface area contributed by atoms with Crippen molar-refractivity contribution < 1.29 is 23.5 Å². The van der Waals surface area contributed by atoms with Crippen LogP contribution in [-0.4, -0.2) is 29.3 Å². The van der Waals surface area contributed by atoms with Gasteiger partial charge in [-0.2, -0.15) is 0 Å². The first-order chi connectivity index (χ1) is 15.8. The third kappa shape index (κ3) is 6.29. The summed E-state index contributed by atoms with van der Waals surface area (Å²) < 4.78 is 10.3. The summed E-state index contributed by atoms with van der Waals surface area (Å²) in [5.74, 6) is -0.616. The number of esters is 1. The van der Waals surface area contributed by atoms with E-state index in [0.717, 1.165) is 22.4 Å². The number of nitrogens with one attached hydrogen (secondary N) is 1. The van der Waals surface area contributed by atoms with E-state index in [1.54, 1.807) is 22.4 Å². The third-order valence-corrected chi connectivity index (χ3v) is 5.75. The van der Waals surface area contributed by atoms with E-state index >= 15 is 0 Å². The molecular weight excluding hydrogens is 442 g/mol. The van der Waals surface area contributed by atoms with Crippen molar-refractivity contribution in [1.82, 2.24) is 10.3 Å². The number of hydrogen-bond donors (Lipinski definition) is 1. The van der Waals surface area contributed by atoms with Gasteiger partial charge in [0.05, 0.1) is 17.6 Å². The van der Waals surface area contributed by atoms with Crippen molar-refractivity contribution in [2.45, 2.75) is 47.1 Å². The molecule has 0 spiro atoms. The Bertz CT molecular complexity index is 1110. The van der Waals surface area contributed by atoms with E-state index in [-0.39, 0.29) is 36.6 Å². The summed E-state index contributed by atoms with van der Waals surface area (Å²) in [5.41, 5.74) is 4.50. The van der Waals surface area contributed by atoms with Crippen molar-refractivity contribution in [2.75, 3.05) is 11.4 Å². The lowest BCUT2D eigenvalue weighted by atomic mass is 10.0. The summed E-state index contributed by atoms with van der Waals surface area (Å²) in [5, 5.41) is 4.99. The van der Waals surface area contributed by atoms with Crippen LogP contribution in [0.4, 0.5) is 10.8 Å². The Morgan fingerprint density at radius 1 is 1.18 bits per heavy atom. The molecule has 0 aliphatic carbocycles. The zero-order valence-corrected chi connectivity index (χ0v) is 20.0. The normalized spacial score (nSPS) is 10.7. The summed E-state index contributed by atoms with van der Waals surface area (Å²) in [4.78, 5) is 42.4. The molecule has 0 radical (unpaired) electrons. The van der Waals surface area contributed by atoms with E-state index < -0.39 is 0 Å². The highest BCUT2D eigenvalue weighted by atomic mass is 32.1. The van der Waals surface area contributed by atoms with E-state index in [0.29, 0.717) is 23.8 Å². The Morgan fingerprint density at radius 2 is 1.91 bits per heavy atom. The molecule has 3 rings (SSSR count). The second-order valence-electron chi connectivity index (χ2n) is 7.72. The van der Waals surface area contributed by atoms with Crippen molar-refractivity contribution in [3.05, 3.63) is 64.1 Å². The molecule has 0 bridgehead atoms. The number of ether oxygens (including phenoxy) is 1. The van der Waals surface area contributed by atoms with Crippen LogP contribution in [0.15, 0.2) is 40.3 Å². The van der Waals surface area contributed by atoms with Gasteiger partial charge in [0.2, 0.25) is 5.91 Å². The Labute approximate surface area is 196 Å². The second kappa shape index (κ2) is 10.9. The highest BCUT2D eigenvalue weighted by molar-refractivity contribution is 7.14. The minimum Gasteiger partial charge on any atom is -0.459 e. The molecule has 0 aliphatic heterocycles. The number of amides is 2. The topological polar surface area (TPSA) is 102 Å². The first-order valence-electron chi connectivity index (χ1n) is 10.6. The predicted octanol–water partition coefficient (Wildman–Crippen LogP) is 4.60. The fourth-order valence-corrected chi connectivity index (χ4v) is 4.39. The molecule has 0 saturated carbocycles. The maximum Gasteiger partial charge on any atom is 0.306 e. The van der Waals surface area contributed by atoms with Gasteiger partial charge < -0.3 is 14.5 Å². The van der Waals surface area contributed by atoms with E-state index in [9.17, 15) is 14.4 Å². The molecule has 1 N–H and O–H groups in total. The van der Waals surface area contributed by atoms with Gasteiger partial charge in [0.15, 0.2) is 10.9 Å². The average Bonchev–Trinajstić information content (AvgIpc) is 3.44. The van der Waals surface area contributed by atoms with Crippen LogP contribution >= 0.6 is 11.3 Å². The van der Waals surface area contributed by atoms with Gasteiger partial charge in [-0.15, -0.1) is 11.3 Å². The van der Waals surface area contributed by atoms with Gasteiger partial charge in [0, 0.05) is 25.3 Å². The van der Waals surface area contributed by atoms with Crippen molar-refractivity contribution in [3.63, 3.8) is 0 Å². The predicted molar refractivity (Wildman–Crippen MR) is 126 cm³/mol. The number of carbonyl (C=O) groups is 3. The molecule has 1 aromatic carbocycles. The van der Waals surface area contributed by atoms with Crippen molar-refractivity contribution in [3.8, 4) is 0 Å². The van der Waals surface area contributed by atoms with Gasteiger partial charge in [-0.25, -0.2) is 4.98 Å². The van der Waals surface area contributed by atoms with Gasteiger partial charge >= 0.3 is 5.97 Å². The molecule has 0 aliphatic rings. The largest absolute Gasteiger partial charge is 0.459 e. The van der Waals surface area contributed by atoms with Gasteiger partial charge in [-0.1, -0.05) is 17.7 Å². The van der Waals surface area contributed by atoms with Crippen molar-refractivity contribution in [1.29, 1.82) is 0 Å². The van der Waals surface area contributed by atoms with Crippen molar-refractivity contribution in [2.24, 2.45) is 0 Å². The van der Waals surface area contributed by atoms with Crippen LogP contribution in [0.25, 0.3) is 0 Å². The number of furan rings is 1. The SMILES string of the molecule is CC(=O)N(c1nc(COC(=O)CCCNC(=O)c2ccco2)cs1)c1c(C)cc(C)cc1C. The molecule has 0 atom stereocenters. The summed E-state index contributed by atoms with van der Waals surface area (Å²) in [6, 6.07) is 7.27. The van der Waals surface area contributed by atoms with E-state index in [1.807, 2.05) is 32.9 Å². The molecule has 8 nitrogen and oxygen atoms in total. The second-order valence-corrected chi connectivity index (χ2v) is 8.56.